The van der Waals surface area contributed by atoms with Gasteiger partial charge in [0.05, 0.1) is 0 Å². The number of piperazine rings is 2. The second-order valence-corrected chi connectivity index (χ2v) is 8.04. The number of carbonyl (C=O) groups excluding carboxylic acids is 1. The molecule has 1 amide bonds. The summed E-state index contributed by atoms with van der Waals surface area (Å²) in [5.41, 5.74) is 7.36. The van der Waals surface area contributed by atoms with Gasteiger partial charge < -0.3 is 25.3 Å². The molecule has 3 heterocycles. The van der Waals surface area contributed by atoms with Crippen molar-refractivity contribution in [1.82, 2.24) is 14.8 Å². The van der Waals surface area contributed by atoms with E-state index in [2.05, 4.69) is 31.9 Å². The summed E-state index contributed by atoms with van der Waals surface area (Å²) in [5, 5.41) is 3.04. The fourth-order valence-corrected chi connectivity index (χ4v) is 4.40. The number of amides is 1. The normalized spacial score (nSPS) is 18.3. The van der Waals surface area contributed by atoms with E-state index in [4.69, 9.17) is 5.73 Å². The van der Waals surface area contributed by atoms with E-state index >= 15 is 0 Å². The van der Waals surface area contributed by atoms with Gasteiger partial charge in [0.15, 0.2) is 11.1 Å². The molecule has 2 aromatic rings. The van der Waals surface area contributed by atoms with Gasteiger partial charge in [0.1, 0.15) is 6.54 Å². The fraction of sp³-hybridized carbons (Fsp3) is 0.450. The van der Waals surface area contributed by atoms with Crippen LogP contribution in [0.15, 0.2) is 46.9 Å². The van der Waals surface area contributed by atoms with Crippen LogP contribution in [0.1, 0.15) is 0 Å². The van der Waals surface area contributed by atoms with E-state index in [9.17, 15) is 4.79 Å². The maximum Gasteiger partial charge on any atom is 0.244 e. The van der Waals surface area contributed by atoms with Gasteiger partial charge >= 0.3 is 0 Å². The summed E-state index contributed by atoms with van der Waals surface area (Å²) in [6, 6.07) is 10.3. The molecular formula is C20H27N7OS. The van der Waals surface area contributed by atoms with Crippen molar-refractivity contribution in [2.24, 2.45) is 10.7 Å². The number of para-hydroxylation sites is 1. The molecule has 1 aromatic heterocycles. The minimum absolute atomic E-state index is 0.0436. The minimum atomic E-state index is 0.0436. The van der Waals surface area contributed by atoms with E-state index in [0.717, 1.165) is 57.5 Å². The van der Waals surface area contributed by atoms with Gasteiger partial charge in [-0.1, -0.05) is 18.2 Å². The molecule has 0 spiro atoms. The first-order valence-corrected chi connectivity index (χ1v) is 10.9. The number of anilines is 2. The van der Waals surface area contributed by atoms with E-state index in [-0.39, 0.29) is 12.5 Å². The van der Waals surface area contributed by atoms with Crippen LogP contribution in [0.2, 0.25) is 0 Å². The Bertz CT molecular complexity index is 811. The SMILES string of the molecule is NC(=NCC(=O)N1CCN(c2ccccc2)CC1)N1CCN(c2nccs2)CC1. The Kier molecular flexibility index (Phi) is 6.14. The number of hydrogen-bond donors (Lipinski definition) is 1. The zero-order valence-corrected chi connectivity index (χ0v) is 17.3. The van der Waals surface area contributed by atoms with E-state index in [1.54, 1.807) is 11.3 Å². The highest BCUT2D eigenvalue weighted by atomic mass is 32.1. The second-order valence-electron chi connectivity index (χ2n) is 7.17. The van der Waals surface area contributed by atoms with E-state index in [1.165, 1.54) is 5.69 Å². The van der Waals surface area contributed by atoms with Crippen LogP contribution in [0.4, 0.5) is 10.8 Å². The lowest BCUT2D eigenvalue weighted by atomic mass is 10.2. The van der Waals surface area contributed by atoms with Gasteiger partial charge in [-0.25, -0.2) is 9.98 Å². The van der Waals surface area contributed by atoms with Crippen molar-refractivity contribution >= 4 is 34.0 Å². The second kappa shape index (κ2) is 9.13. The Hall–Kier alpha value is -2.81. The highest BCUT2D eigenvalue weighted by Gasteiger charge is 2.22. The Morgan fingerprint density at radius 3 is 2.28 bits per heavy atom. The van der Waals surface area contributed by atoms with Gasteiger partial charge in [-0.2, -0.15) is 0 Å². The standard InChI is InChI=1S/C20H27N7OS/c21-19(26-11-13-27(14-12-26)20-22-6-15-29-20)23-16-18(28)25-9-7-24(8-10-25)17-4-2-1-3-5-17/h1-6,15H,7-14,16H2,(H2,21,23). The van der Waals surface area contributed by atoms with Crippen molar-refractivity contribution < 1.29 is 4.79 Å². The van der Waals surface area contributed by atoms with Crippen LogP contribution < -0.4 is 15.5 Å². The van der Waals surface area contributed by atoms with Crippen molar-refractivity contribution in [3.63, 3.8) is 0 Å². The third kappa shape index (κ3) is 4.79. The molecule has 0 radical (unpaired) electrons. The van der Waals surface area contributed by atoms with E-state index in [1.807, 2.05) is 39.6 Å². The van der Waals surface area contributed by atoms with Crippen LogP contribution in [-0.2, 0) is 4.79 Å². The molecule has 2 fully saturated rings. The van der Waals surface area contributed by atoms with Gasteiger partial charge in [-0.3, -0.25) is 4.79 Å². The number of aromatic nitrogens is 1. The summed E-state index contributed by atoms with van der Waals surface area (Å²) < 4.78 is 0. The van der Waals surface area contributed by atoms with Crippen molar-refractivity contribution in [1.29, 1.82) is 0 Å². The highest BCUT2D eigenvalue weighted by molar-refractivity contribution is 7.13. The number of aliphatic imine (C=N–C) groups is 1. The van der Waals surface area contributed by atoms with E-state index in [0.29, 0.717) is 5.96 Å². The number of thiazole rings is 1. The van der Waals surface area contributed by atoms with Crippen LogP contribution in [-0.4, -0.2) is 85.6 Å². The van der Waals surface area contributed by atoms with Crippen LogP contribution in [0, 0.1) is 0 Å². The molecule has 0 atom stereocenters. The molecule has 0 unspecified atom stereocenters. The van der Waals surface area contributed by atoms with Gasteiger partial charge in [0.25, 0.3) is 0 Å². The number of carbonyl (C=O) groups is 1. The monoisotopic (exact) mass is 413 g/mol. The van der Waals surface area contributed by atoms with Gasteiger partial charge in [-0.05, 0) is 12.1 Å². The zero-order valence-electron chi connectivity index (χ0n) is 16.5. The summed E-state index contributed by atoms with van der Waals surface area (Å²) in [7, 11) is 0. The molecule has 2 aliphatic rings. The Balaban J connectivity index is 1.22. The zero-order chi connectivity index (χ0) is 20.1. The Morgan fingerprint density at radius 2 is 1.62 bits per heavy atom. The first-order chi connectivity index (χ1) is 14.2. The molecule has 1 aromatic carbocycles. The van der Waals surface area contributed by atoms with Crippen molar-refractivity contribution in [2.75, 3.05) is 68.7 Å². The molecule has 9 heteroatoms. The molecule has 154 valence electrons. The quantitative estimate of drug-likeness (QED) is 0.593. The predicted octanol–water partition coefficient (Wildman–Crippen LogP) is 0.929. The third-order valence-electron chi connectivity index (χ3n) is 5.42. The molecule has 4 rings (SSSR count). The highest BCUT2D eigenvalue weighted by Crippen LogP contribution is 2.19. The van der Waals surface area contributed by atoms with Gasteiger partial charge in [-0.15, -0.1) is 11.3 Å². The molecule has 2 saturated heterocycles. The van der Waals surface area contributed by atoms with Crippen LogP contribution in [0.3, 0.4) is 0 Å². The summed E-state index contributed by atoms with van der Waals surface area (Å²) in [6.07, 6.45) is 1.83. The average molecular weight is 414 g/mol. The van der Waals surface area contributed by atoms with E-state index < -0.39 is 0 Å². The molecule has 8 nitrogen and oxygen atoms in total. The topological polar surface area (TPSA) is 81.3 Å². The van der Waals surface area contributed by atoms with Crippen molar-refractivity contribution in [3.8, 4) is 0 Å². The number of rotatable bonds is 4. The molecule has 0 aliphatic carbocycles. The van der Waals surface area contributed by atoms with Crippen LogP contribution >= 0.6 is 11.3 Å². The first-order valence-electron chi connectivity index (χ1n) is 9.98. The number of guanidine groups is 1. The Labute approximate surface area is 175 Å². The van der Waals surface area contributed by atoms with Crippen molar-refractivity contribution in [2.45, 2.75) is 0 Å². The maximum absolute atomic E-state index is 12.5. The number of hydrogen-bond acceptors (Lipinski definition) is 6. The smallest absolute Gasteiger partial charge is 0.244 e. The molecular weight excluding hydrogens is 386 g/mol. The molecule has 29 heavy (non-hydrogen) atoms. The average Bonchev–Trinajstić information content (AvgIpc) is 3.33. The van der Waals surface area contributed by atoms with Gasteiger partial charge in [0, 0.05) is 69.6 Å². The third-order valence-corrected chi connectivity index (χ3v) is 6.26. The summed E-state index contributed by atoms with van der Waals surface area (Å²) >= 11 is 1.65. The maximum atomic E-state index is 12.5. The van der Waals surface area contributed by atoms with Crippen LogP contribution in [0.5, 0.6) is 0 Å². The first kappa shape index (κ1) is 19.5. The van der Waals surface area contributed by atoms with Crippen molar-refractivity contribution in [3.05, 3.63) is 41.9 Å². The molecule has 2 aliphatic heterocycles. The molecule has 0 bridgehead atoms. The largest absolute Gasteiger partial charge is 0.370 e. The molecule has 2 N–H and O–H groups in total. The number of nitrogens with two attached hydrogens (primary N) is 1. The predicted molar refractivity (Wildman–Crippen MR) is 118 cm³/mol. The van der Waals surface area contributed by atoms with Gasteiger partial charge in [0.2, 0.25) is 5.91 Å². The lowest BCUT2D eigenvalue weighted by molar-refractivity contribution is -0.129. The molecule has 0 saturated carbocycles. The number of benzene rings is 1. The summed E-state index contributed by atoms with van der Waals surface area (Å²) in [5.74, 6) is 0.502. The van der Waals surface area contributed by atoms with Crippen LogP contribution in [0.25, 0.3) is 0 Å². The summed E-state index contributed by atoms with van der Waals surface area (Å²) in [4.78, 5) is 29.8. The number of nitrogens with zero attached hydrogens (tertiary/aromatic N) is 6. The lowest BCUT2D eigenvalue weighted by Gasteiger charge is -2.36. The fourth-order valence-electron chi connectivity index (χ4n) is 3.70. The minimum Gasteiger partial charge on any atom is -0.370 e. The summed E-state index contributed by atoms with van der Waals surface area (Å²) in [6.45, 7) is 6.53. The lowest BCUT2D eigenvalue weighted by Crippen LogP contribution is -2.52. The Morgan fingerprint density at radius 1 is 0.966 bits per heavy atom.